The Hall–Kier alpha value is -4.69. The van der Waals surface area contributed by atoms with Crippen molar-refractivity contribution in [3.8, 4) is 28.5 Å². The highest BCUT2D eigenvalue weighted by atomic mass is 16.4. The second-order valence-corrected chi connectivity index (χ2v) is 7.61. The van der Waals surface area contributed by atoms with Crippen LogP contribution in [0.3, 0.4) is 0 Å². The van der Waals surface area contributed by atoms with Gasteiger partial charge in [0.25, 0.3) is 0 Å². The minimum atomic E-state index is -0.194. The molecule has 0 bridgehead atoms. The lowest BCUT2D eigenvalue weighted by molar-refractivity contribution is 0.592. The van der Waals surface area contributed by atoms with E-state index in [1.807, 2.05) is 73.7 Å². The summed E-state index contributed by atoms with van der Waals surface area (Å²) < 4.78 is 11.7. The number of aliphatic imine (C=N–C) groups is 1. The molecule has 158 valence electrons. The summed E-state index contributed by atoms with van der Waals surface area (Å²) in [4.78, 5) is 17.3. The Morgan fingerprint density at radius 2 is 1.64 bits per heavy atom. The molecular formula is C28H18N2O3. The molecule has 3 aromatic carbocycles. The number of hydrogen-bond donors (Lipinski definition) is 0. The molecule has 0 aliphatic rings. The fourth-order valence-electron chi connectivity index (χ4n) is 3.76. The van der Waals surface area contributed by atoms with Gasteiger partial charge in [-0.15, -0.1) is 0 Å². The van der Waals surface area contributed by atoms with Crippen molar-refractivity contribution in [2.24, 2.45) is 4.99 Å². The van der Waals surface area contributed by atoms with E-state index in [4.69, 9.17) is 8.83 Å². The highest BCUT2D eigenvalue weighted by Crippen LogP contribution is 2.42. The predicted molar refractivity (Wildman–Crippen MR) is 129 cm³/mol. The predicted octanol–water partition coefficient (Wildman–Crippen LogP) is 6.65. The molecule has 0 saturated carbocycles. The minimum absolute atomic E-state index is 0.138. The number of hydrogen-bond acceptors (Lipinski definition) is 5. The number of rotatable bonds is 4. The Labute approximate surface area is 189 Å². The molecule has 0 aliphatic carbocycles. The summed E-state index contributed by atoms with van der Waals surface area (Å²) in [6.07, 6.45) is 2.76. The zero-order valence-electron chi connectivity index (χ0n) is 17.8. The van der Waals surface area contributed by atoms with Gasteiger partial charge in [0.2, 0.25) is 11.3 Å². The van der Waals surface area contributed by atoms with Gasteiger partial charge in [0, 0.05) is 17.3 Å². The molecule has 0 unspecified atom stereocenters. The van der Waals surface area contributed by atoms with E-state index in [0.717, 1.165) is 16.7 Å². The van der Waals surface area contributed by atoms with Crippen molar-refractivity contribution in [2.75, 3.05) is 0 Å². The highest BCUT2D eigenvalue weighted by molar-refractivity contribution is 5.91. The van der Waals surface area contributed by atoms with Gasteiger partial charge >= 0.3 is 0 Å². The van der Waals surface area contributed by atoms with Crippen LogP contribution in [0.25, 0.3) is 33.4 Å². The van der Waals surface area contributed by atoms with Gasteiger partial charge in [0.15, 0.2) is 0 Å². The van der Waals surface area contributed by atoms with Crippen LogP contribution in [-0.2, 0) is 0 Å². The Kier molecular flexibility index (Phi) is 5.18. The van der Waals surface area contributed by atoms with Gasteiger partial charge in [-0.3, -0.25) is 4.79 Å². The zero-order chi connectivity index (χ0) is 22.8. The number of nitrogens with zero attached hydrogens (tertiary/aromatic N) is 2. The van der Waals surface area contributed by atoms with Crippen LogP contribution in [-0.4, -0.2) is 6.21 Å². The summed E-state index contributed by atoms with van der Waals surface area (Å²) in [6.45, 7) is 1.91. The van der Waals surface area contributed by atoms with Crippen molar-refractivity contribution in [3.05, 3.63) is 112 Å². The molecule has 0 atom stereocenters. The molecule has 0 fully saturated rings. The van der Waals surface area contributed by atoms with Gasteiger partial charge in [0.1, 0.15) is 29.2 Å². The molecule has 5 heteroatoms. The number of fused-ring (bicyclic) bond motifs is 1. The molecule has 0 spiro atoms. The van der Waals surface area contributed by atoms with Gasteiger partial charge < -0.3 is 8.83 Å². The van der Waals surface area contributed by atoms with Gasteiger partial charge in [-0.05, 0) is 24.6 Å². The molecular weight excluding hydrogens is 412 g/mol. The van der Waals surface area contributed by atoms with Crippen molar-refractivity contribution < 1.29 is 8.83 Å². The minimum Gasteiger partial charge on any atom is -0.463 e. The van der Waals surface area contributed by atoms with Crippen molar-refractivity contribution in [2.45, 2.75) is 6.92 Å². The molecule has 0 aliphatic heterocycles. The van der Waals surface area contributed by atoms with Crippen molar-refractivity contribution in [1.29, 1.82) is 5.26 Å². The first kappa shape index (κ1) is 20.2. The SMILES string of the molecule is Cc1ccc2occ(C=Nc3oc(-c4ccccc4)c(-c4ccccc4)c3C#N)c(=O)c2c1. The van der Waals surface area contributed by atoms with Gasteiger partial charge in [-0.1, -0.05) is 72.3 Å². The first-order valence-corrected chi connectivity index (χ1v) is 10.4. The van der Waals surface area contributed by atoms with Gasteiger partial charge in [0.05, 0.1) is 10.9 Å². The van der Waals surface area contributed by atoms with Crippen LogP contribution >= 0.6 is 0 Å². The second kappa shape index (κ2) is 8.45. The lowest BCUT2D eigenvalue weighted by Gasteiger charge is -2.03. The van der Waals surface area contributed by atoms with Crippen LogP contribution < -0.4 is 5.43 Å². The maximum atomic E-state index is 12.9. The molecule has 5 rings (SSSR count). The van der Waals surface area contributed by atoms with Crippen LogP contribution in [0.1, 0.15) is 16.7 Å². The van der Waals surface area contributed by atoms with E-state index in [9.17, 15) is 10.1 Å². The Balaban J connectivity index is 1.67. The summed E-state index contributed by atoms with van der Waals surface area (Å²) >= 11 is 0. The molecule has 5 aromatic rings. The van der Waals surface area contributed by atoms with Crippen molar-refractivity contribution in [1.82, 2.24) is 0 Å². The van der Waals surface area contributed by atoms with Crippen molar-refractivity contribution >= 4 is 23.1 Å². The average molecular weight is 430 g/mol. The maximum Gasteiger partial charge on any atom is 0.238 e. The average Bonchev–Trinajstić information content (AvgIpc) is 3.23. The van der Waals surface area contributed by atoms with Gasteiger partial charge in [-0.25, -0.2) is 4.99 Å². The summed E-state index contributed by atoms with van der Waals surface area (Å²) in [6, 6.07) is 26.8. The number of nitriles is 1. The molecule has 0 amide bonds. The van der Waals surface area contributed by atoms with Crippen LogP contribution in [0.2, 0.25) is 0 Å². The summed E-state index contributed by atoms with van der Waals surface area (Å²) in [5, 5.41) is 10.5. The smallest absolute Gasteiger partial charge is 0.238 e. The second-order valence-electron chi connectivity index (χ2n) is 7.61. The summed E-state index contributed by atoms with van der Waals surface area (Å²) in [5.74, 6) is 0.686. The number of furan rings is 1. The lowest BCUT2D eigenvalue weighted by Crippen LogP contribution is -2.07. The fraction of sp³-hybridized carbons (Fsp3) is 0.0357. The van der Waals surface area contributed by atoms with Crippen LogP contribution in [0.5, 0.6) is 0 Å². The van der Waals surface area contributed by atoms with E-state index in [1.165, 1.54) is 12.5 Å². The molecule has 0 saturated heterocycles. The summed E-state index contributed by atoms with van der Waals surface area (Å²) in [5.41, 5.74) is 4.19. The maximum absolute atomic E-state index is 12.9. The Morgan fingerprint density at radius 3 is 2.33 bits per heavy atom. The lowest BCUT2D eigenvalue weighted by atomic mass is 9.98. The van der Waals surface area contributed by atoms with Gasteiger partial charge in [-0.2, -0.15) is 5.26 Å². The fourth-order valence-corrected chi connectivity index (χ4v) is 3.76. The number of benzene rings is 3. The third kappa shape index (κ3) is 3.75. The topological polar surface area (TPSA) is 79.5 Å². The first-order chi connectivity index (χ1) is 16.2. The molecule has 33 heavy (non-hydrogen) atoms. The third-order valence-electron chi connectivity index (χ3n) is 5.38. The van der Waals surface area contributed by atoms with E-state index >= 15 is 0 Å². The normalized spacial score (nSPS) is 11.2. The zero-order valence-corrected chi connectivity index (χ0v) is 17.8. The van der Waals surface area contributed by atoms with E-state index < -0.39 is 0 Å². The number of aryl methyl sites for hydroxylation is 1. The van der Waals surface area contributed by atoms with Crippen LogP contribution in [0.15, 0.2) is 104 Å². The largest absolute Gasteiger partial charge is 0.463 e. The van der Waals surface area contributed by atoms with E-state index in [2.05, 4.69) is 11.1 Å². The van der Waals surface area contributed by atoms with Crippen LogP contribution in [0.4, 0.5) is 5.88 Å². The summed E-state index contributed by atoms with van der Waals surface area (Å²) in [7, 11) is 0. The third-order valence-corrected chi connectivity index (χ3v) is 5.38. The Bertz CT molecular complexity index is 1590. The van der Waals surface area contributed by atoms with E-state index in [1.54, 1.807) is 12.1 Å². The first-order valence-electron chi connectivity index (χ1n) is 10.4. The monoisotopic (exact) mass is 430 g/mol. The van der Waals surface area contributed by atoms with Crippen molar-refractivity contribution in [3.63, 3.8) is 0 Å². The molecule has 0 N–H and O–H groups in total. The quantitative estimate of drug-likeness (QED) is 0.299. The molecule has 2 heterocycles. The molecule has 2 aromatic heterocycles. The van der Waals surface area contributed by atoms with Crippen LogP contribution in [0, 0.1) is 18.3 Å². The van der Waals surface area contributed by atoms with E-state index in [0.29, 0.717) is 27.9 Å². The van der Waals surface area contributed by atoms with E-state index in [-0.39, 0.29) is 16.9 Å². The molecule has 5 nitrogen and oxygen atoms in total. The Morgan fingerprint density at radius 1 is 0.939 bits per heavy atom. The highest BCUT2D eigenvalue weighted by Gasteiger charge is 2.22. The standard InChI is InChI=1S/C28H18N2O3/c1-18-12-13-24-22(14-18)26(31)21(17-32-24)16-30-28-23(15-29)25(19-8-4-2-5-9-19)27(33-28)20-10-6-3-7-11-20/h2-14,16-17H,1H3. The molecule has 0 radical (unpaired) electrons.